The molecule has 4 aliphatic carbocycles. The number of fused-ring (bicyclic) bond motifs is 5. The zero-order chi connectivity index (χ0) is 23.5. The van der Waals surface area contributed by atoms with Gasteiger partial charge in [0.25, 0.3) is 5.91 Å². The minimum absolute atomic E-state index is 0.0227. The molecule has 0 radical (unpaired) electrons. The molecule has 1 aliphatic heterocycles. The van der Waals surface area contributed by atoms with Gasteiger partial charge in [-0.1, -0.05) is 39.3 Å². The van der Waals surface area contributed by atoms with Crippen molar-refractivity contribution >= 4 is 5.91 Å². The summed E-state index contributed by atoms with van der Waals surface area (Å²) >= 11 is 0. The first-order chi connectivity index (χ1) is 15.7. The van der Waals surface area contributed by atoms with Crippen LogP contribution >= 0.6 is 0 Å². The first-order valence-corrected chi connectivity index (χ1v) is 13.7. The fraction of sp³-hybridized carbons (Fsp3) is 0.963. The first-order valence-electron chi connectivity index (χ1n) is 13.7. The molecule has 0 aromatic carbocycles. The van der Waals surface area contributed by atoms with Crippen molar-refractivity contribution < 1.29 is 15.0 Å². The average molecular weight is 460 g/mol. The van der Waals surface area contributed by atoms with Crippen LogP contribution in [-0.2, 0) is 4.79 Å². The SMILES string of the molecule is CC[C@@H]1C2C[C@H](O)CC[C@]2(C)[C@H]2CC[C@]3(C)[C@@H]([C@H](C)CCN4N=NCC4=O)CC[C@H]3[C@@H]2[C@@H]1O. The van der Waals surface area contributed by atoms with Crippen molar-refractivity contribution in [2.24, 2.45) is 62.6 Å². The molecular weight excluding hydrogens is 414 g/mol. The largest absolute Gasteiger partial charge is 0.393 e. The highest BCUT2D eigenvalue weighted by Gasteiger charge is 2.64. The molecule has 0 aromatic rings. The second kappa shape index (κ2) is 8.58. The van der Waals surface area contributed by atoms with Gasteiger partial charge in [-0.25, -0.2) is 5.01 Å². The molecule has 0 spiro atoms. The summed E-state index contributed by atoms with van der Waals surface area (Å²) in [5.74, 6) is 3.55. The Bertz CT molecular complexity index is 789. The van der Waals surface area contributed by atoms with E-state index in [4.69, 9.17) is 0 Å². The Kier molecular flexibility index (Phi) is 6.17. The zero-order valence-corrected chi connectivity index (χ0v) is 21.1. The number of hydrogen-bond acceptors (Lipinski definition) is 5. The maximum atomic E-state index is 11.9. The number of rotatable bonds is 5. The van der Waals surface area contributed by atoms with E-state index in [0.29, 0.717) is 48.0 Å². The first kappa shape index (κ1) is 23.7. The van der Waals surface area contributed by atoms with Gasteiger partial charge >= 0.3 is 0 Å². The highest BCUT2D eigenvalue weighted by molar-refractivity contribution is 5.78. The molecule has 0 aromatic heterocycles. The van der Waals surface area contributed by atoms with Gasteiger partial charge in [-0.05, 0) is 104 Å². The molecule has 6 heteroatoms. The van der Waals surface area contributed by atoms with Gasteiger partial charge in [-0.2, -0.15) is 5.11 Å². The van der Waals surface area contributed by atoms with E-state index in [9.17, 15) is 15.0 Å². The van der Waals surface area contributed by atoms with Gasteiger partial charge in [0.2, 0.25) is 0 Å². The molecule has 1 heterocycles. The van der Waals surface area contributed by atoms with Crippen LogP contribution in [0.3, 0.4) is 0 Å². The third-order valence-corrected chi connectivity index (χ3v) is 11.6. The molecular formula is C27H45N3O3. The smallest absolute Gasteiger partial charge is 0.267 e. The van der Waals surface area contributed by atoms with Gasteiger partial charge in [-0.15, -0.1) is 0 Å². The lowest BCUT2D eigenvalue weighted by atomic mass is 9.41. The fourth-order valence-electron chi connectivity index (χ4n) is 9.93. The second-order valence-electron chi connectivity index (χ2n) is 12.8. The van der Waals surface area contributed by atoms with Gasteiger partial charge in [-0.3, -0.25) is 4.79 Å². The summed E-state index contributed by atoms with van der Waals surface area (Å²) in [5, 5.41) is 31.7. The average Bonchev–Trinajstić information content (AvgIpc) is 3.36. The minimum Gasteiger partial charge on any atom is -0.393 e. The Morgan fingerprint density at radius 1 is 1.06 bits per heavy atom. The highest BCUT2D eigenvalue weighted by Crippen LogP contribution is 2.69. The van der Waals surface area contributed by atoms with E-state index in [-0.39, 0.29) is 35.5 Å². The lowest BCUT2D eigenvalue weighted by Crippen LogP contribution is -2.62. The van der Waals surface area contributed by atoms with Crippen molar-refractivity contribution in [2.45, 2.75) is 97.7 Å². The van der Waals surface area contributed by atoms with Crippen LogP contribution in [0.15, 0.2) is 10.3 Å². The Morgan fingerprint density at radius 3 is 2.48 bits per heavy atom. The second-order valence-corrected chi connectivity index (χ2v) is 12.8. The van der Waals surface area contributed by atoms with E-state index >= 15 is 0 Å². The van der Waals surface area contributed by atoms with Gasteiger partial charge in [0, 0.05) is 6.54 Å². The normalized spacial score (nSPS) is 50.1. The van der Waals surface area contributed by atoms with Crippen molar-refractivity contribution in [1.82, 2.24) is 5.01 Å². The highest BCUT2D eigenvalue weighted by atomic mass is 16.3. The Balaban J connectivity index is 1.36. The standard InChI is InChI=1S/C27H45N3O3/c1-5-18-22-14-17(31)8-11-27(22,4)21-9-12-26(3)19(6-7-20(26)24(21)25(18)33)16(2)10-13-30-23(32)15-28-29-30/h16-22,24-25,31,33H,5-15H2,1-4H3/t16-,17-,18-,19-,20+,21+,22?,24+,25-,26-,27-/m1/s1. The zero-order valence-electron chi connectivity index (χ0n) is 21.1. The number of aliphatic hydroxyl groups is 2. The fourth-order valence-corrected chi connectivity index (χ4v) is 9.93. The van der Waals surface area contributed by atoms with Crippen molar-refractivity contribution in [3.05, 3.63) is 0 Å². The summed E-state index contributed by atoms with van der Waals surface area (Å²) in [6.07, 6.45) is 9.43. The Morgan fingerprint density at radius 2 is 1.79 bits per heavy atom. The summed E-state index contributed by atoms with van der Waals surface area (Å²) in [6, 6.07) is 0. The van der Waals surface area contributed by atoms with Crippen LogP contribution in [0.1, 0.15) is 85.5 Å². The van der Waals surface area contributed by atoms with Gasteiger partial charge in [0.15, 0.2) is 0 Å². The van der Waals surface area contributed by atoms with E-state index in [1.165, 1.54) is 25.7 Å². The van der Waals surface area contributed by atoms with E-state index in [0.717, 1.165) is 32.1 Å². The minimum atomic E-state index is -0.232. The summed E-state index contributed by atoms with van der Waals surface area (Å²) in [7, 11) is 0. The van der Waals surface area contributed by atoms with E-state index in [1.54, 1.807) is 5.01 Å². The lowest BCUT2D eigenvalue weighted by Gasteiger charge is -2.64. The summed E-state index contributed by atoms with van der Waals surface area (Å²) < 4.78 is 0. The Hall–Kier alpha value is -1.01. The molecule has 1 unspecified atom stereocenters. The molecule has 4 saturated carbocycles. The van der Waals surface area contributed by atoms with Crippen LogP contribution in [0.25, 0.3) is 0 Å². The summed E-state index contributed by atoms with van der Waals surface area (Å²) in [4.78, 5) is 11.9. The predicted molar refractivity (Wildman–Crippen MR) is 127 cm³/mol. The number of nitrogens with zero attached hydrogens (tertiary/aromatic N) is 3. The third kappa shape index (κ3) is 3.61. The maximum absolute atomic E-state index is 11.9. The molecule has 4 fully saturated rings. The number of amides is 1. The van der Waals surface area contributed by atoms with Gasteiger partial charge < -0.3 is 10.2 Å². The number of aliphatic hydroxyl groups excluding tert-OH is 2. The number of hydrogen-bond donors (Lipinski definition) is 2. The molecule has 0 saturated heterocycles. The maximum Gasteiger partial charge on any atom is 0.267 e. The quantitative estimate of drug-likeness (QED) is 0.616. The molecule has 1 amide bonds. The number of carbonyl (C=O) groups is 1. The Labute approximate surface area is 199 Å². The van der Waals surface area contributed by atoms with Crippen molar-refractivity contribution in [3.63, 3.8) is 0 Å². The molecule has 0 bridgehead atoms. The predicted octanol–water partition coefficient (Wildman–Crippen LogP) is 4.85. The number of carbonyl (C=O) groups excluding carboxylic acids is 1. The van der Waals surface area contributed by atoms with Crippen LogP contribution in [0.4, 0.5) is 0 Å². The van der Waals surface area contributed by atoms with Gasteiger partial charge in [0.05, 0.1) is 12.2 Å². The topological polar surface area (TPSA) is 85.5 Å². The van der Waals surface area contributed by atoms with Crippen molar-refractivity contribution in [3.8, 4) is 0 Å². The molecule has 6 nitrogen and oxygen atoms in total. The third-order valence-electron chi connectivity index (χ3n) is 11.6. The monoisotopic (exact) mass is 459 g/mol. The molecule has 2 N–H and O–H groups in total. The molecule has 5 rings (SSSR count). The van der Waals surface area contributed by atoms with Crippen LogP contribution < -0.4 is 0 Å². The van der Waals surface area contributed by atoms with Gasteiger partial charge in [0.1, 0.15) is 6.54 Å². The van der Waals surface area contributed by atoms with Crippen molar-refractivity contribution in [1.29, 1.82) is 0 Å². The molecule has 33 heavy (non-hydrogen) atoms. The van der Waals surface area contributed by atoms with E-state index < -0.39 is 0 Å². The summed E-state index contributed by atoms with van der Waals surface area (Å²) in [5.41, 5.74) is 0.531. The molecule has 11 atom stereocenters. The van der Waals surface area contributed by atoms with Crippen LogP contribution in [0, 0.1) is 52.3 Å². The summed E-state index contributed by atoms with van der Waals surface area (Å²) in [6.45, 7) is 10.5. The van der Waals surface area contributed by atoms with Crippen LogP contribution in [0.2, 0.25) is 0 Å². The van der Waals surface area contributed by atoms with E-state index in [1.807, 2.05) is 0 Å². The lowest BCUT2D eigenvalue weighted by molar-refractivity contribution is -0.203. The van der Waals surface area contributed by atoms with Crippen LogP contribution in [0.5, 0.6) is 0 Å². The van der Waals surface area contributed by atoms with E-state index in [2.05, 4.69) is 38.0 Å². The van der Waals surface area contributed by atoms with Crippen LogP contribution in [-0.4, -0.2) is 46.4 Å². The van der Waals surface area contributed by atoms with Crippen molar-refractivity contribution in [2.75, 3.05) is 13.1 Å². The molecule has 5 aliphatic rings. The molecule has 186 valence electrons.